The van der Waals surface area contributed by atoms with Crippen LogP contribution in [0.4, 0.5) is 0 Å². The van der Waals surface area contributed by atoms with Crippen molar-refractivity contribution < 1.29 is 19.2 Å². The first-order valence-electron chi connectivity index (χ1n) is 8.94. The number of methoxy groups -OCH3 is 1. The Hall–Kier alpha value is -2.92. The highest BCUT2D eigenvalue weighted by Gasteiger charge is 2.51. The minimum atomic E-state index is -0.728. The quantitative estimate of drug-likeness (QED) is 0.694. The third-order valence-corrected chi connectivity index (χ3v) is 5.35. The molecule has 0 spiro atoms. The van der Waals surface area contributed by atoms with Crippen LogP contribution in [0.1, 0.15) is 29.7 Å². The third kappa shape index (κ3) is 3.04. The standard InChI is InChI=1S/C22H21NO4/c1-14-19(13-26-2)20(27-23-14)17-5-3-15(4-6-17)16-7-9-18(10-8-16)22(11-12-22)21(24)25/h3-10H,11-13H2,1-2H3,(H,24,25). The molecule has 1 N–H and O–H groups in total. The molecule has 1 aliphatic carbocycles. The maximum Gasteiger partial charge on any atom is 0.314 e. The number of carbonyl (C=O) groups is 1. The second kappa shape index (κ2) is 6.67. The van der Waals surface area contributed by atoms with E-state index < -0.39 is 11.4 Å². The van der Waals surface area contributed by atoms with Gasteiger partial charge in [-0.2, -0.15) is 0 Å². The molecule has 0 atom stereocenters. The van der Waals surface area contributed by atoms with Gasteiger partial charge in [0.2, 0.25) is 0 Å². The van der Waals surface area contributed by atoms with Gasteiger partial charge in [0.25, 0.3) is 0 Å². The number of aliphatic carboxylic acids is 1. The Morgan fingerprint density at radius 1 is 1.07 bits per heavy atom. The highest BCUT2D eigenvalue weighted by molar-refractivity contribution is 5.85. The lowest BCUT2D eigenvalue weighted by Gasteiger charge is -2.11. The number of aromatic nitrogens is 1. The van der Waals surface area contributed by atoms with Crippen molar-refractivity contribution in [1.82, 2.24) is 5.16 Å². The summed E-state index contributed by atoms with van der Waals surface area (Å²) in [5.41, 5.74) is 5.08. The van der Waals surface area contributed by atoms with Crippen LogP contribution in [0, 0.1) is 6.92 Å². The monoisotopic (exact) mass is 363 g/mol. The van der Waals surface area contributed by atoms with Gasteiger partial charge in [-0.15, -0.1) is 0 Å². The van der Waals surface area contributed by atoms with E-state index in [0.29, 0.717) is 6.61 Å². The largest absolute Gasteiger partial charge is 0.481 e. The lowest BCUT2D eigenvalue weighted by Crippen LogP contribution is -2.19. The van der Waals surface area contributed by atoms with Gasteiger partial charge in [0.05, 0.1) is 17.7 Å². The summed E-state index contributed by atoms with van der Waals surface area (Å²) in [7, 11) is 1.65. The molecule has 0 aliphatic heterocycles. The summed E-state index contributed by atoms with van der Waals surface area (Å²) in [6, 6.07) is 15.9. The Bertz CT molecular complexity index is 967. The van der Waals surface area contributed by atoms with E-state index in [4.69, 9.17) is 9.26 Å². The minimum Gasteiger partial charge on any atom is -0.481 e. The van der Waals surface area contributed by atoms with Gasteiger partial charge in [0.15, 0.2) is 5.76 Å². The fourth-order valence-electron chi connectivity index (χ4n) is 3.48. The van der Waals surface area contributed by atoms with Crippen LogP contribution in [0.3, 0.4) is 0 Å². The van der Waals surface area contributed by atoms with Gasteiger partial charge in [-0.1, -0.05) is 53.7 Å². The van der Waals surface area contributed by atoms with Crippen molar-refractivity contribution in [3.8, 4) is 22.5 Å². The molecule has 3 aromatic rings. The van der Waals surface area contributed by atoms with Crippen LogP contribution in [0.25, 0.3) is 22.5 Å². The maximum atomic E-state index is 11.5. The predicted octanol–water partition coefficient (Wildman–Crippen LogP) is 4.58. The van der Waals surface area contributed by atoms with Crippen LogP contribution in [0.5, 0.6) is 0 Å². The zero-order chi connectivity index (χ0) is 19.0. The van der Waals surface area contributed by atoms with Gasteiger partial charge in [-0.05, 0) is 36.5 Å². The number of hydrogen-bond donors (Lipinski definition) is 1. The van der Waals surface area contributed by atoms with Crippen molar-refractivity contribution in [2.45, 2.75) is 31.8 Å². The molecule has 0 unspecified atom stereocenters. The molecular formula is C22H21NO4. The van der Waals surface area contributed by atoms with Crippen LogP contribution in [-0.4, -0.2) is 23.3 Å². The molecule has 5 nitrogen and oxygen atoms in total. The number of nitrogens with zero attached hydrogens (tertiary/aromatic N) is 1. The highest BCUT2D eigenvalue weighted by Crippen LogP contribution is 2.48. The van der Waals surface area contributed by atoms with E-state index in [-0.39, 0.29) is 0 Å². The molecule has 5 heteroatoms. The molecule has 1 heterocycles. The van der Waals surface area contributed by atoms with Gasteiger partial charge < -0.3 is 14.4 Å². The summed E-state index contributed by atoms with van der Waals surface area (Å²) in [5.74, 6) is 0.00204. The average Bonchev–Trinajstić information content (AvgIpc) is 3.43. The van der Waals surface area contributed by atoms with Crippen molar-refractivity contribution in [3.63, 3.8) is 0 Å². The smallest absolute Gasteiger partial charge is 0.314 e. The number of rotatable bonds is 6. The van der Waals surface area contributed by atoms with E-state index in [0.717, 1.165) is 52.1 Å². The zero-order valence-electron chi connectivity index (χ0n) is 15.4. The summed E-state index contributed by atoms with van der Waals surface area (Å²) in [5, 5.41) is 13.5. The molecule has 0 amide bonds. The molecule has 1 fully saturated rings. The number of hydrogen-bond acceptors (Lipinski definition) is 4. The molecule has 1 aliphatic rings. The fourth-order valence-corrected chi connectivity index (χ4v) is 3.48. The van der Waals surface area contributed by atoms with Crippen LogP contribution < -0.4 is 0 Å². The number of ether oxygens (including phenoxy) is 1. The Balaban J connectivity index is 1.59. The van der Waals surface area contributed by atoms with Crippen LogP contribution in [-0.2, 0) is 21.6 Å². The number of aryl methyl sites for hydroxylation is 1. The summed E-state index contributed by atoms with van der Waals surface area (Å²) >= 11 is 0. The van der Waals surface area contributed by atoms with Crippen molar-refractivity contribution in [1.29, 1.82) is 0 Å². The number of benzene rings is 2. The summed E-state index contributed by atoms with van der Waals surface area (Å²) < 4.78 is 10.7. The van der Waals surface area contributed by atoms with Crippen LogP contribution >= 0.6 is 0 Å². The number of carboxylic acid groups (broad SMARTS) is 1. The first-order chi connectivity index (χ1) is 13.0. The van der Waals surface area contributed by atoms with Crippen LogP contribution in [0.2, 0.25) is 0 Å². The summed E-state index contributed by atoms with van der Waals surface area (Å²) in [6.07, 6.45) is 1.44. The highest BCUT2D eigenvalue weighted by atomic mass is 16.5. The molecule has 0 radical (unpaired) electrons. The molecule has 4 rings (SSSR count). The first-order valence-corrected chi connectivity index (χ1v) is 8.94. The lowest BCUT2D eigenvalue weighted by molar-refractivity contribution is -0.140. The topological polar surface area (TPSA) is 72.6 Å². The first kappa shape index (κ1) is 17.5. The zero-order valence-corrected chi connectivity index (χ0v) is 15.4. The summed E-state index contributed by atoms with van der Waals surface area (Å²) in [6.45, 7) is 2.36. The van der Waals surface area contributed by atoms with Gasteiger partial charge >= 0.3 is 5.97 Å². The molecule has 2 aromatic carbocycles. The molecular weight excluding hydrogens is 342 g/mol. The fraction of sp³-hybridized carbons (Fsp3) is 0.273. The molecule has 138 valence electrons. The average molecular weight is 363 g/mol. The lowest BCUT2D eigenvalue weighted by atomic mass is 9.93. The van der Waals surface area contributed by atoms with Crippen molar-refractivity contribution in [2.24, 2.45) is 0 Å². The second-order valence-electron chi connectivity index (χ2n) is 7.05. The molecule has 27 heavy (non-hydrogen) atoms. The molecule has 1 aromatic heterocycles. The number of carboxylic acids is 1. The Morgan fingerprint density at radius 2 is 1.63 bits per heavy atom. The molecule has 0 bridgehead atoms. The Morgan fingerprint density at radius 3 is 2.15 bits per heavy atom. The van der Waals surface area contributed by atoms with Gasteiger partial charge in [-0.25, -0.2) is 0 Å². The Labute approximate surface area is 157 Å². The van der Waals surface area contributed by atoms with E-state index in [1.807, 2.05) is 55.5 Å². The van der Waals surface area contributed by atoms with Crippen molar-refractivity contribution in [2.75, 3.05) is 7.11 Å². The van der Waals surface area contributed by atoms with Gasteiger partial charge in [0.1, 0.15) is 0 Å². The SMILES string of the molecule is COCc1c(C)noc1-c1ccc(-c2ccc(C3(C(=O)O)CC3)cc2)cc1. The van der Waals surface area contributed by atoms with E-state index >= 15 is 0 Å². The van der Waals surface area contributed by atoms with Crippen LogP contribution in [0.15, 0.2) is 53.1 Å². The van der Waals surface area contributed by atoms with E-state index in [2.05, 4.69) is 5.16 Å². The molecule has 0 saturated heterocycles. The van der Waals surface area contributed by atoms with Gasteiger partial charge in [0, 0.05) is 18.2 Å². The van der Waals surface area contributed by atoms with Crippen molar-refractivity contribution in [3.05, 3.63) is 65.4 Å². The third-order valence-electron chi connectivity index (χ3n) is 5.35. The van der Waals surface area contributed by atoms with Gasteiger partial charge in [-0.3, -0.25) is 4.79 Å². The second-order valence-corrected chi connectivity index (χ2v) is 7.05. The van der Waals surface area contributed by atoms with E-state index in [9.17, 15) is 9.90 Å². The van der Waals surface area contributed by atoms with Crippen molar-refractivity contribution >= 4 is 5.97 Å². The predicted molar refractivity (Wildman–Crippen MR) is 101 cm³/mol. The van der Waals surface area contributed by atoms with E-state index in [1.165, 1.54) is 0 Å². The van der Waals surface area contributed by atoms with E-state index in [1.54, 1.807) is 7.11 Å². The maximum absolute atomic E-state index is 11.5. The normalized spacial score (nSPS) is 14.9. The molecule has 1 saturated carbocycles. The Kier molecular flexibility index (Phi) is 4.32. The minimum absolute atomic E-state index is 0.458. The summed E-state index contributed by atoms with van der Waals surface area (Å²) in [4.78, 5) is 11.5.